The van der Waals surface area contributed by atoms with Crippen molar-refractivity contribution in [3.63, 3.8) is 0 Å². The normalized spacial score (nSPS) is 10.7. The molecule has 2 aromatic rings. The Morgan fingerprint density at radius 3 is 2.79 bits per heavy atom. The van der Waals surface area contributed by atoms with Gasteiger partial charge in [-0.3, -0.25) is 4.68 Å². The van der Waals surface area contributed by atoms with Gasteiger partial charge in [0.15, 0.2) is 0 Å². The number of aryl methyl sites for hydroxylation is 1. The van der Waals surface area contributed by atoms with E-state index in [2.05, 4.69) is 24.2 Å². The topological polar surface area (TPSA) is 53.1 Å². The highest BCUT2D eigenvalue weighted by Crippen LogP contribution is 2.29. The first kappa shape index (κ1) is 13.6. The maximum Gasteiger partial charge on any atom is 0.119 e. The number of rotatable bonds is 5. The lowest BCUT2D eigenvalue weighted by molar-refractivity contribution is 0.340. The van der Waals surface area contributed by atoms with Crippen LogP contribution in [0.5, 0.6) is 5.75 Å². The van der Waals surface area contributed by atoms with Gasteiger partial charge >= 0.3 is 0 Å². The van der Waals surface area contributed by atoms with E-state index in [1.54, 1.807) is 0 Å². The largest absolute Gasteiger partial charge is 0.494 e. The smallest absolute Gasteiger partial charge is 0.119 e. The number of ether oxygens (including phenoxy) is 1. The van der Waals surface area contributed by atoms with E-state index in [-0.39, 0.29) is 0 Å². The van der Waals surface area contributed by atoms with Crippen LogP contribution in [0, 0.1) is 13.8 Å². The van der Waals surface area contributed by atoms with Crippen LogP contribution in [0.1, 0.15) is 18.3 Å². The molecule has 0 bridgehead atoms. The zero-order valence-corrected chi connectivity index (χ0v) is 11.8. The molecular weight excluding hydrogens is 238 g/mol. The lowest BCUT2D eigenvalue weighted by atomic mass is 10.0. The summed E-state index contributed by atoms with van der Waals surface area (Å²) >= 11 is 0. The Morgan fingerprint density at radius 1 is 1.32 bits per heavy atom. The van der Waals surface area contributed by atoms with Crippen LogP contribution in [-0.2, 0) is 6.54 Å². The second-order valence-electron chi connectivity index (χ2n) is 4.52. The third kappa shape index (κ3) is 2.79. The van der Waals surface area contributed by atoms with Gasteiger partial charge in [-0.1, -0.05) is 12.1 Å². The zero-order valence-electron chi connectivity index (χ0n) is 11.8. The van der Waals surface area contributed by atoms with Crippen molar-refractivity contribution in [2.75, 3.05) is 13.2 Å². The summed E-state index contributed by atoms with van der Waals surface area (Å²) in [6, 6.07) is 8.14. The van der Waals surface area contributed by atoms with E-state index in [9.17, 15) is 0 Å². The SMILES string of the molecule is CCOc1cccc(-c2c(C)nn(CCN)c2C)c1. The molecule has 1 heterocycles. The van der Waals surface area contributed by atoms with Crippen LogP contribution < -0.4 is 10.5 Å². The first-order valence-electron chi connectivity index (χ1n) is 6.64. The molecule has 1 aromatic carbocycles. The van der Waals surface area contributed by atoms with E-state index < -0.39 is 0 Å². The second kappa shape index (κ2) is 5.89. The summed E-state index contributed by atoms with van der Waals surface area (Å²) in [6.45, 7) is 8.12. The highest BCUT2D eigenvalue weighted by Gasteiger charge is 2.13. The standard InChI is InChI=1S/C15H21N3O/c1-4-19-14-7-5-6-13(10-14)15-11(2)17-18(9-8-16)12(15)3/h5-7,10H,4,8-9,16H2,1-3H3. The van der Waals surface area contributed by atoms with Crippen LogP contribution in [0.3, 0.4) is 0 Å². The predicted molar refractivity (Wildman–Crippen MR) is 77.4 cm³/mol. The van der Waals surface area contributed by atoms with Gasteiger partial charge in [0.2, 0.25) is 0 Å². The van der Waals surface area contributed by atoms with Crippen molar-refractivity contribution in [1.29, 1.82) is 0 Å². The third-order valence-electron chi connectivity index (χ3n) is 3.16. The Balaban J connectivity index is 2.43. The zero-order chi connectivity index (χ0) is 13.8. The molecule has 0 saturated heterocycles. The van der Waals surface area contributed by atoms with Gasteiger partial charge < -0.3 is 10.5 Å². The monoisotopic (exact) mass is 259 g/mol. The molecule has 4 heteroatoms. The molecule has 0 atom stereocenters. The van der Waals surface area contributed by atoms with E-state index >= 15 is 0 Å². The van der Waals surface area contributed by atoms with Crippen molar-refractivity contribution in [2.45, 2.75) is 27.3 Å². The van der Waals surface area contributed by atoms with Gasteiger partial charge in [-0.05, 0) is 38.5 Å². The molecule has 0 spiro atoms. The van der Waals surface area contributed by atoms with Crippen molar-refractivity contribution in [3.05, 3.63) is 35.7 Å². The van der Waals surface area contributed by atoms with Crippen molar-refractivity contribution in [2.24, 2.45) is 5.73 Å². The Bertz CT molecular complexity index is 561. The Hall–Kier alpha value is -1.81. The maximum absolute atomic E-state index is 5.61. The van der Waals surface area contributed by atoms with Crippen molar-refractivity contribution in [3.8, 4) is 16.9 Å². The number of aromatic nitrogens is 2. The minimum atomic E-state index is 0.598. The average molecular weight is 259 g/mol. The number of benzene rings is 1. The Kier molecular flexibility index (Phi) is 4.22. The maximum atomic E-state index is 5.61. The minimum Gasteiger partial charge on any atom is -0.494 e. The fraction of sp³-hybridized carbons (Fsp3) is 0.400. The molecular formula is C15H21N3O. The molecule has 0 aliphatic rings. The first-order valence-corrected chi connectivity index (χ1v) is 6.64. The van der Waals surface area contributed by atoms with Gasteiger partial charge in [0.1, 0.15) is 5.75 Å². The molecule has 4 nitrogen and oxygen atoms in total. The molecule has 0 amide bonds. The van der Waals surface area contributed by atoms with Crippen molar-refractivity contribution >= 4 is 0 Å². The summed E-state index contributed by atoms with van der Waals surface area (Å²) in [4.78, 5) is 0. The molecule has 0 aliphatic heterocycles. The summed E-state index contributed by atoms with van der Waals surface area (Å²) in [5.41, 5.74) is 10.1. The molecule has 0 aliphatic carbocycles. The molecule has 2 rings (SSSR count). The Labute approximate surface area is 114 Å². The lowest BCUT2D eigenvalue weighted by Gasteiger charge is -2.07. The highest BCUT2D eigenvalue weighted by atomic mass is 16.5. The molecule has 0 unspecified atom stereocenters. The van der Waals surface area contributed by atoms with E-state index in [1.807, 2.05) is 30.7 Å². The molecule has 19 heavy (non-hydrogen) atoms. The van der Waals surface area contributed by atoms with Crippen LogP contribution in [0.4, 0.5) is 0 Å². The van der Waals surface area contributed by atoms with Crippen LogP contribution in [0.15, 0.2) is 24.3 Å². The van der Waals surface area contributed by atoms with Crippen molar-refractivity contribution in [1.82, 2.24) is 9.78 Å². The molecule has 0 saturated carbocycles. The first-order chi connectivity index (χ1) is 9.17. The van der Waals surface area contributed by atoms with Crippen LogP contribution in [0.25, 0.3) is 11.1 Å². The quantitative estimate of drug-likeness (QED) is 0.897. The predicted octanol–water partition coefficient (Wildman–Crippen LogP) is 2.52. The number of nitrogens with two attached hydrogens (primary N) is 1. The second-order valence-corrected chi connectivity index (χ2v) is 4.52. The van der Waals surface area contributed by atoms with Crippen LogP contribution in [-0.4, -0.2) is 22.9 Å². The summed E-state index contributed by atoms with van der Waals surface area (Å²) in [6.07, 6.45) is 0. The lowest BCUT2D eigenvalue weighted by Crippen LogP contribution is -2.12. The highest BCUT2D eigenvalue weighted by molar-refractivity contribution is 5.69. The van der Waals surface area contributed by atoms with Gasteiger partial charge in [-0.15, -0.1) is 0 Å². The Morgan fingerprint density at radius 2 is 2.11 bits per heavy atom. The van der Waals surface area contributed by atoms with E-state index in [0.29, 0.717) is 13.2 Å². The fourth-order valence-corrected chi connectivity index (χ4v) is 2.36. The van der Waals surface area contributed by atoms with E-state index in [1.165, 1.54) is 5.56 Å². The number of hydrogen-bond acceptors (Lipinski definition) is 3. The number of hydrogen-bond donors (Lipinski definition) is 1. The van der Waals surface area contributed by atoms with Crippen LogP contribution in [0.2, 0.25) is 0 Å². The van der Waals surface area contributed by atoms with E-state index in [4.69, 9.17) is 10.5 Å². The summed E-state index contributed by atoms with van der Waals surface area (Å²) in [5.74, 6) is 0.894. The van der Waals surface area contributed by atoms with Gasteiger partial charge in [0.25, 0.3) is 0 Å². The summed E-state index contributed by atoms with van der Waals surface area (Å²) < 4.78 is 7.53. The number of nitrogens with zero attached hydrogens (tertiary/aromatic N) is 2. The molecule has 0 fully saturated rings. The van der Waals surface area contributed by atoms with Gasteiger partial charge in [0, 0.05) is 17.8 Å². The van der Waals surface area contributed by atoms with Gasteiger partial charge in [0.05, 0.1) is 18.8 Å². The summed E-state index contributed by atoms with van der Waals surface area (Å²) in [5, 5.41) is 4.55. The minimum absolute atomic E-state index is 0.598. The van der Waals surface area contributed by atoms with Crippen molar-refractivity contribution < 1.29 is 4.74 Å². The molecule has 0 radical (unpaired) electrons. The average Bonchev–Trinajstić information content (AvgIpc) is 2.66. The van der Waals surface area contributed by atoms with Gasteiger partial charge in [-0.2, -0.15) is 5.10 Å². The molecule has 102 valence electrons. The van der Waals surface area contributed by atoms with Gasteiger partial charge in [-0.25, -0.2) is 0 Å². The molecule has 2 N–H and O–H groups in total. The molecule has 1 aromatic heterocycles. The van der Waals surface area contributed by atoms with E-state index in [0.717, 1.165) is 29.2 Å². The third-order valence-corrected chi connectivity index (χ3v) is 3.16. The fourth-order valence-electron chi connectivity index (χ4n) is 2.36. The summed E-state index contributed by atoms with van der Waals surface area (Å²) in [7, 11) is 0. The van der Waals surface area contributed by atoms with Crippen LogP contribution >= 0.6 is 0 Å².